The fourth-order valence-corrected chi connectivity index (χ4v) is 1.91. The van der Waals surface area contributed by atoms with E-state index in [1.54, 1.807) is 0 Å². The van der Waals surface area contributed by atoms with Crippen LogP contribution in [0.5, 0.6) is 0 Å². The first-order valence-corrected chi connectivity index (χ1v) is 5.32. The Morgan fingerprint density at radius 1 is 1.47 bits per heavy atom. The van der Waals surface area contributed by atoms with Crippen LogP contribution in [-0.4, -0.2) is 6.04 Å². The Morgan fingerprint density at radius 2 is 2.13 bits per heavy atom. The van der Waals surface area contributed by atoms with E-state index in [4.69, 9.17) is 16.9 Å². The zero-order valence-corrected chi connectivity index (χ0v) is 10.0. The molecule has 0 saturated carbocycles. The lowest BCUT2D eigenvalue weighted by Crippen LogP contribution is -2.15. The maximum atomic E-state index is 8.57. The highest BCUT2D eigenvalue weighted by molar-refractivity contribution is 6.33. The highest BCUT2D eigenvalue weighted by Gasteiger charge is 2.08. The van der Waals surface area contributed by atoms with Crippen molar-refractivity contribution in [1.82, 2.24) is 0 Å². The first-order chi connectivity index (χ1) is 7.04. The fraction of sp³-hybridized carbons (Fsp3) is 0.417. The van der Waals surface area contributed by atoms with Gasteiger partial charge < -0.3 is 5.32 Å². The molecule has 1 N–H and O–H groups in total. The van der Waals surface area contributed by atoms with Gasteiger partial charge in [0.25, 0.3) is 0 Å². The van der Waals surface area contributed by atoms with Gasteiger partial charge in [-0.05, 0) is 38.0 Å². The number of hydrogen-bond acceptors (Lipinski definition) is 2. The molecule has 0 bridgehead atoms. The summed E-state index contributed by atoms with van der Waals surface area (Å²) in [5, 5.41) is 12.5. The molecule has 0 saturated heterocycles. The average molecular weight is 223 g/mol. The van der Waals surface area contributed by atoms with Crippen LogP contribution in [0.3, 0.4) is 0 Å². The van der Waals surface area contributed by atoms with E-state index in [2.05, 4.69) is 17.5 Å². The van der Waals surface area contributed by atoms with Crippen LogP contribution in [0.15, 0.2) is 12.1 Å². The minimum atomic E-state index is 0.119. The number of rotatable bonds is 3. The molecule has 2 nitrogen and oxygen atoms in total. The molecule has 1 unspecified atom stereocenters. The third-order valence-corrected chi connectivity index (χ3v) is 2.52. The van der Waals surface area contributed by atoms with Gasteiger partial charge in [0.1, 0.15) is 0 Å². The normalized spacial score (nSPS) is 11.9. The third kappa shape index (κ3) is 3.14. The van der Waals surface area contributed by atoms with E-state index in [1.165, 1.54) is 0 Å². The summed E-state index contributed by atoms with van der Waals surface area (Å²) >= 11 is 6.13. The number of benzene rings is 1. The van der Waals surface area contributed by atoms with Crippen molar-refractivity contribution >= 4 is 17.3 Å². The SMILES string of the molecule is Cc1cc(C)c(NC(C)CC#N)c(Cl)c1. The van der Waals surface area contributed by atoms with E-state index >= 15 is 0 Å². The van der Waals surface area contributed by atoms with Crippen molar-refractivity contribution in [3.63, 3.8) is 0 Å². The van der Waals surface area contributed by atoms with Gasteiger partial charge in [-0.25, -0.2) is 0 Å². The van der Waals surface area contributed by atoms with Crippen LogP contribution in [0, 0.1) is 25.2 Å². The molecule has 0 aliphatic carbocycles. The minimum absolute atomic E-state index is 0.119. The highest BCUT2D eigenvalue weighted by atomic mass is 35.5. The maximum absolute atomic E-state index is 8.57. The van der Waals surface area contributed by atoms with Gasteiger partial charge in [-0.1, -0.05) is 17.7 Å². The topological polar surface area (TPSA) is 35.8 Å². The molecule has 0 amide bonds. The Morgan fingerprint density at radius 3 is 2.67 bits per heavy atom. The van der Waals surface area contributed by atoms with Gasteiger partial charge in [-0.15, -0.1) is 0 Å². The molecule has 1 aromatic rings. The maximum Gasteiger partial charge on any atom is 0.0643 e. The summed E-state index contributed by atoms with van der Waals surface area (Å²) in [6.45, 7) is 6.00. The second-order valence-electron chi connectivity index (χ2n) is 3.85. The first kappa shape index (κ1) is 11.9. The quantitative estimate of drug-likeness (QED) is 0.847. The summed E-state index contributed by atoms with van der Waals surface area (Å²) in [5.41, 5.74) is 3.20. The van der Waals surface area contributed by atoms with Crippen molar-refractivity contribution in [2.24, 2.45) is 0 Å². The molecule has 0 radical (unpaired) electrons. The van der Waals surface area contributed by atoms with E-state index in [9.17, 15) is 0 Å². The van der Waals surface area contributed by atoms with Gasteiger partial charge in [0.2, 0.25) is 0 Å². The van der Waals surface area contributed by atoms with E-state index < -0.39 is 0 Å². The van der Waals surface area contributed by atoms with Crippen LogP contribution in [-0.2, 0) is 0 Å². The number of nitrogens with one attached hydrogen (secondary N) is 1. The standard InChI is InChI=1S/C12H15ClN2/c1-8-6-9(2)12(11(13)7-8)15-10(3)4-5-14/h6-7,10,15H,4H2,1-3H3. The Hall–Kier alpha value is -1.20. The number of hydrogen-bond donors (Lipinski definition) is 1. The third-order valence-electron chi connectivity index (χ3n) is 2.22. The second-order valence-corrected chi connectivity index (χ2v) is 4.25. The van der Waals surface area contributed by atoms with E-state index in [1.807, 2.05) is 26.8 Å². The Balaban J connectivity index is 2.91. The zero-order valence-electron chi connectivity index (χ0n) is 9.26. The number of nitrogens with zero attached hydrogens (tertiary/aromatic N) is 1. The van der Waals surface area contributed by atoms with Crippen molar-refractivity contribution in [1.29, 1.82) is 5.26 Å². The van der Waals surface area contributed by atoms with E-state index in [0.717, 1.165) is 21.8 Å². The molecule has 0 fully saturated rings. The Kier molecular flexibility index (Phi) is 3.99. The molecule has 0 heterocycles. The van der Waals surface area contributed by atoms with Gasteiger partial charge in [0.05, 0.1) is 23.2 Å². The summed E-state index contributed by atoms with van der Waals surface area (Å²) in [4.78, 5) is 0. The van der Waals surface area contributed by atoms with Crippen molar-refractivity contribution in [3.05, 3.63) is 28.3 Å². The summed E-state index contributed by atoms with van der Waals surface area (Å²) in [5.74, 6) is 0. The highest BCUT2D eigenvalue weighted by Crippen LogP contribution is 2.28. The van der Waals surface area contributed by atoms with Gasteiger partial charge in [0.15, 0.2) is 0 Å². The first-order valence-electron chi connectivity index (χ1n) is 4.95. The molecular formula is C12H15ClN2. The lowest BCUT2D eigenvalue weighted by atomic mass is 10.1. The molecule has 0 spiro atoms. The summed E-state index contributed by atoms with van der Waals surface area (Å²) in [6, 6.07) is 6.26. The van der Waals surface area contributed by atoms with Gasteiger partial charge in [-0.2, -0.15) is 5.26 Å². The lowest BCUT2D eigenvalue weighted by molar-refractivity contribution is 0.819. The molecule has 0 aliphatic rings. The largest absolute Gasteiger partial charge is 0.380 e. The molecule has 15 heavy (non-hydrogen) atoms. The Labute approximate surface area is 95.9 Å². The second kappa shape index (κ2) is 5.04. The number of nitriles is 1. The van der Waals surface area contributed by atoms with Crippen molar-refractivity contribution in [2.45, 2.75) is 33.2 Å². The van der Waals surface area contributed by atoms with Crippen LogP contribution in [0.4, 0.5) is 5.69 Å². The predicted octanol–water partition coefficient (Wildman–Crippen LogP) is 3.67. The number of anilines is 1. The monoisotopic (exact) mass is 222 g/mol. The van der Waals surface area contributed by atoms with Crippen molar-refractivity contribution in [3.8, 4) is 6.07 Å². The molecule has 1 atom stereocenters. The predicted molar refractivity (Wildman–Crippen MR) is 64.2 cm³/mol. The molecular weight excluding hydrogens is 208 g/mol. The molecule has 1 aromatic carbocycles. The molecule has 0 aromatic heterocycles. The molecule has 80 valence electrons. The summed E-state index contributed by atoms with van der Waals surface area (Å²) in [7, 11) is 0. The van der Waals surface area contributed by atoms with Crippen LogP contribution in [0.2, 0.25) is 5.02 Å². The number of aryl methyl sites for hydroxylation is 2. The summed E-state index contributed by atoms with van der Waals surface area (Å²) < 4.78 is 0. The fourth-order valence-electron chi connectivity index (χ4n) is 1.53. The summed E-state index contributed by atoms with van der Waals surface area (Å²) in [6.07, 6.45) is 0.476. The smallest absolute Gasteiger partial charge is 0.0643 e. The van der Waals surface area contributed by atoms with Gasteiger partial charge >= 0.3 is 0 Å². The van der Waals surface area contributed by atoms with E-state index in [0.29, 0.717) is 6.42 Å². The van der Waals surface area contributed by atoms with Crippen LogP contribution < -0.4 is 5.32 Å². The molecule has 1 rings (SSSR count). The van der Waals surface area contributed by atoms with Gasteiger partial charge in [0, 0.05) is 6.04 Å². The van der Waals surface area contributed by atoms with Crippen LogP contribution >= 0.6 is 11.6 Å². The lowest BCUT2D eigenvalue weighted by Gasteiger charge is -2.16. The van der Waals surface area contributed by atoms with Crippen molar-refractivity contribution in [2.75, 3.05) is 5.32 Å². The zero-order chi connectivity index (χ0) is 11.4. The van der Waals surface area contributed by atoms with Crippen LogP contribution in [0.25, 0.3) is 0 Å². The number of halogens is 1. The van der Waals surface area contributed by atoms with Gasteiger partial charge in [-0.3, -0.25) is 0 Å². The van der Waals surface area contributed by atoms with Crippen LogP contribution in [0.1, 0.15) is 24.5 Å². The average Bonchev–Trinajstić information content (AvgIpc) is 2.11. The van der Waals surface area contributed by atoms with Crippen molar-refractivity contribution < 1.29 is 0 Å². The minimum Gasteiger partial charge on any atom is -0.380 e. The Bertz CT molecular complexity index is 370. The molecule has 3 heteroatoms. The molecule has 0 aliphatic heterocycles. The van der Waals surface area contributed by atoms with E-state index in [-0.39, 0.29) is 6.04 Å².